The molecule has 5 nitrogen and oxygen atoms in total. The molecule has 1 aliphatic heterocycles. The van der Waals surface area contributed by atoms with Gasteiger partial charge in [-0.3, -0.25) is 14.5 Å². The Balaban J connectivity index is 2.47. The minimum Gasteiger partial charge on any atom is -0.376 e. The predicted octanol–water partition coefficient (Wildman–Crippen LogP) is 0.395. The lowest BCUT2D eigenvalue weighted by molar-refractivity contribution is -0.116. The van der Waals surface area contributed by atoms with E-state index in [4.69, 9.17) is 18.0 Å². The molecule has 1 aromatic rings. The second-order valence-corrected chi connectivity index (χ2v) is 4.12. The van der Waals surface area contributed by atoms with Crippen LogP contribution < -0.4 is 16.0 Å². The van der Waals surface area contributed by atoms with Crippen LogP contribution in [-0.4, -0.2) is 23.0 Å². The summed E-state index contributed by atoms with van der Waals surface area (Å²) in [6, 6.07) is 6.91. The number of amides is 1. The molecule has 0 fully saturated rings. The molecule has 1 aromatic carbocycles. The third-order valence-electron chi connectivity index (χ3n) is 2.55. The van der Waals surface area contributed by atoms with E-state index in [1.807, 2.05) is 0 Å². The number of hydrogen-bond acceptors (Lipinski definition) is 3. The molecule has 0 aliphatic carbocycles. The van der Waals surface area contributed by atoms with Gasteiger partial charge in [-0.05, 0) is 24.4 Å². The number of para-hydroxylation sites is 1. The lowest BCUT2D eigenvalue weighted by Gasteiger charge is -2.23. The summed E-state index contributed by atoms with van der Waals surface area (Å²) in [6.07, 6.45) is -0.831. The molecule has 0 saturated heterocycles. The molecule has 88 valence electrons. The van der Waals surface area contributed by atoms with Crippen molar-refractivity contribution >= 4 is 34.7 Å². The van der Waals surface area contributed by atoms with Crippen LogP contribution in [0.15, 0.2) is 24.3 Å². The van der Waals surface area contributed by atoms with Gasteiger partial charge in [0.1, 0.15) is 0 Å². The first-order valence-corrected chi connectivity index (χ1v) is 5.42. The van der Waals surface area contributed by atoms with E-state index in [0.29, 0.717) is 11.3 Å². The summed E-state index contributed by atoms with van der Waals surface area (Å²) in [5.74, 6) is -0.444. The van der Waals surface area contributed by atoms with Crippen LogP contribution in [0.2, 0.25) is 0 Å². The summed E-state index contributed by atoms with van der Waals surface area (Å²) in [7, 11) is 0. The van der Waals surface area contributed by atoms with E-state index in [2.05, 4.69) is 5.32 Å². The Morgan fingerprint density at radius 3 is 2.71 bits per heavy atom. The summed E-state index contributed by atoms with van der Waals surface area (Å²) in [5.41, 5.74) is 6.44. The average Bonchev–Trinajstić information content (AvgIpc) is 2.52. The van der Waals surface area contributed by atoms with Gasteiger partial charge >= 0.3 is 0 Å². The van der Waals surface area contributed by atoms with Crippen molar-refractivity contribution in [3.8, 4) is 0 Å². The molecule has 0 aromatic heterocycles. The Kier molecular flexibility index (Phi) is 2.81. The van der Waals surface area contributed by atoms with Gasteiger partial charge in [0, 0.05) is 12.5 Å². The number of carbonyl (C=O) groups excluding carboxylic acids is 2. The largest absolute Gasteiger partial charge is 0.376 e. The fraction of sp³-hybridized carbons (Fsp3) is 0.182. The summed E-state index contributed by atoms with van der Waals surface area (Å²) < 4.78 is 0. The molecule has 0 spiro atoms. The highest BCUT2D eigenvalue weighted by Crippen LogP contribution is 2.30. The number of nitrogens with zero attached hydrogens (tertiary/aromatic N) is 1. The van der Waals surface area contributed by atoms with Crippen molar-refractivity contribution in [2.75, 3.05) is 4.90 Å². The lowest BCUT2D eigenvalue weighted by Crippen LogP contribution is -2.52. The van der Waals surface area contributed by atoms with Gasteiger partial charge in [0.15, 0.2) is 11.3 Å². The Hall–Kier alpha value is -1.95. The highest BCUT2D eigenvalue weighted by Gasteiger charge is 2.39. The number of nitrogens with two attached hydrogens (primary N) is 1. The van der Waals surface area contributed by atoms with Crippen LogP contribution >= 0.6 is 12.2 Å². The Labute approximate surface area is 104 Å². The third kappa shape index (κ3) is 1.87. The van der Waals surface area contributed by atoms with Crippen molar-refractivity contribution in [2.24, 2.45) is 5.73 Å². The topological polar surface area (TPSA) is 75.4 Å². The standard InChI is InChI=1S/C11H11N3O2S/c1-6(15)14-8-5-3-2-4-7(8)9(16)10(14)13-11(12)17/h2-5,10H,1H3,(H3,12,13,17)/t10-/m1/s1. The van der Waals surface area contributed by atoms with Crippen LogP contribution in [0, 0.1) is 0 Å². The van der Waals surface area contributed by atoms with E-state index in [-0.39, 0.29) is 16.8 Å². The van der Waals surface area contributed by atoms with Crippen molar-refractivity contribution in [3.05, 3.63) is 29.8 Å². The van der Waals surface area contributed by atoms with Crippen LogP contribution in [0.4, 0.5) is 5.69 Å². The van der Waals surface area contributed by atoms with Crippen molar-refractivity contribution in [3.63, 3.8) is 0 Å². The van der Waals surface area contributed by atoms with Gasteiger partial charge < -0.3 is 11.1 Å². The number of Topliss-reactive ketones (excluding diaryl/α,β-unsaturated/α-hetero) is 1. The molecule has 0 unspecified atom stereocenters. The molecule has 1 heterocycles. The van der Waals surface area contributed by atoms with Crippen LogP contribution in [0.5, 0.6) is 0 Å². The maximum atomic E-state index is 12.1. The first kappa shape index (κ1) is 11.5. The normalized spacial score (nSPS) is 17.8. The number of benzene rings is 1. The van der Waals surface area contributed by atoms with E-state index >= 15 is 0 Å². The van der Waals surface area contributed by atoms with Gasteiger partial charge in [0.25, 0.3) is 0 Å². The SMILES string of the molecule is CC(=O)N1c2ccccc2C(=O)[C@@H]1NC(N)=S. The molecule has 3 N–H and O–H groups in total. The van der Waals surface area contributed by atoms with Crippen molar-refractivity contribution in [1.82, 2.24) is 5.32 Å². The van der Waals surface area contributed by atoms with Gasteiger partial charge in [0.2, 0.25) is 11.7 Å². The number of nitrogens with one attached hydrogen (secondary N) is 1. The van der Waals surface area contributed by atoms with Gasteiger partial charge in [0.05, 0.1) is 5.69 Å². The first-order chi connectivity index (χ1) is 8.02. The van der Waals surface area contributed by atoms with E-state index in [1.54, 1.807) is 24.3 Å². The van der Waals surface area contributed by atoms with Gasteiger partial charge in [-0.25, -0.2) is 0 Å². The second-order valence-electron chi connectivity index (χ2n) is 3.68. The first-order valence-electron chi connectivity index (χ1n) is 5.01. The molecule has 2 rings (SSSR count). The summed E-state index contributed by atoms with van der Waals surface area (Å²) in [4.78, 5) is 25.0. The Morgan fingerprint density at radius 1 is 1.47 bits per heavy atom. The zero-order chi connectivity index (χ0) is 12.6. The monoisotopic (exact) mass is 249 g/mol. The molecule has 1 atom stereocenters. The smallest absolute Gasteiger partial charge is 0.225 e. The molecule has 1 aliphatic rings. The van der Waals surface area contributed by atoms with E-state index in [9.17, 15) is 9.59 Å². The zero-order valence-electron chi connectivity index (χ0n) is 9.14. The fourth-order valence-electron chi connectivity index (χ4n) is 1.91. The zero-order valence-corrected chi connectivity index (χ0v) is 9.95. The molecular formula is C11H11N3O2S. The minimum absolute atomic E-state index is 0.0117. The number of anilines is 1. The van der Waals surface area contributed by atoms with E-state index < -0.39 is 6.17 Å². The molecule has 1 amide bonds. The minimum atomic E-state index is -0.831. The number of ketones is 1. The molecule has 0 saturated carbocycles. The molecule has 6 heteroatoms. The molecule has 17 heavy (non-hydrogen) atoms. The number of carbonyl (C=O) groups is 2. The second kappa shape index (κ2) is 4.14. The quantitative estimate of drug-likeness (QED) is 0.704. The van der Waals surface area contributed by atoms with Gasteiger partial charge in [-0.1, -0.05) is 12.1 Å². The molecular weight excluding hydrogens is 238 g/mol. The van der Waals surface area contributed by atoms with E-state index in [0.717, 1.165) is 0 Å². The summed E-state index contributed by atoms with van der Waals surface area (Å²) >= 11 is 4.71. The fourth-order valence-corrected chi connectivity index (χ4v) is 2.02. The van der Waals surface area contributed by atoms with Gasteiger partial charge in [-0.15, -0.1) is 0 Å². The highest BCUT2D eigenvalue weighted by atomic mass is 32.1. The number of fused-ring (bicyclic) bond motifs is 1. The number of hydrogen-bond donors (Lipinski definition) is 2. The van der Waals surface area contributed by atoms with Crippen molar-refractivity contribution < 1.29 is 9.59 Å². The molecule has 0 radical (unpaired) electrons. The summed E-state index contributed by atoms with van der Waals surface area (Å²) in [5, 5.41) is 2.62. The van der Waals surface area contributed by atoms with Crippen LogP contribution in [0.3, 0.4) is 0 Å². The summed E-state index contributed by atoms with van der Waals surface area (Å²) in [6.45, 7) is 1.39. The van der Waals surface area contributed by atoms with Crippen LogP contribution in [0.25, 0.3) is 0 Å². The Morgan fingerprint density at radius 2 is 2.12 bits per heavy atom. The number of rotatable bonds is 1. The van der Waals surface area contributed by atoms with Crippen molar-refractivity contribution in [2.45, 2.75) is 13.1 Å². The van der Waals surface area contributed by atoms with Crippen LogP contribution in [0.1, 0.15) is 17.3 Å². The average molecular weight is 249 g/mol. The Bertz CT molecular complexity index is 515. The van der Waals surface area contributed by atoms with E-state index in [1.165, 1.54) is 11.8 Å². The maximum Gasteiger partial charge on any atom is 0.225 e. The third-order valence-corrected chi connectivity index (χ3v) is 2.67. The molecule has 0 bridgehead atoms. The lowest BCUT2D eigenvalue weighted by atomic mass is 10.1. The van der Waals surface area contributed by atoms with Gasteiger partial charge in [-0.2, -0.15) is 0 Å². The maximum absolute atomic E-state index is 12.1. The van der Waals surface area contributed by atoms with Crippen LogP contribution in [-0.2, 0) is 4.79 Å². The predicted molar refractivity (Wildman–Crippen MR) is 67.6 cm³/mol. The number of thiocarbonyl (C=S) groups is 1. The van der Waals surface area contributed by atoms with Crippen molar-refractivity contribution in [1.29, 1.82) is 0 Å². The highest BCUT2D eigenvalue weighted by molar-refractivity contribution is 7.80.